The highest BCUT2D eigenvalue weighted by Gasteiger charge is 2.45. The molecule has 3 aromatic carbocycles. The van der Waals surface area contributed by atoms with Crippen molar-refractivity contribution in [2.24, 2.45) is 0 Å². The Morgan fingerprint density at radius 3 is 2.31 bits per heavy atom. The van der Waals surface area contributed by atoms with E-state index < -0.39 is 18.2 Å². The molecule has 0 spiro atoms. The molecule has 12 nitrogen and oxygen atoms in total. The molecule has 8 rings (SSSR count). The predicted molar refractivity (Wildman–Crippen MR) is 203 cm³/mol. The van der Waals surface area contributed by atoms with Gasteiger partial charge >= 0.3 is 0 Å². The third-order valence-corrected chi connectivity index (χ3v) is 12.5. The molecule has 3 N–H and O–H groups in total. The number of carbonyl (C=O) groups excluding carboxylic acids is 4. The van der Waals surface area contributed by atoms with E-state index in [0.29, 0.717) is 39.4 Å². The molecule has 3 fully saturated rings. The second-order valence-corrected chi connectivity index (χ2v) is 15.7. The Hall–Kier alpha value is -4.96. The van der Waals surface area contributed by atoms with Crippen molar-refractivity contribution in [1.29, 1.82) is 5.26 Å². The Labute approximate surface area is 319 Å². The van der Waals surface area contributed by atoms with Crippen LogP contribution in [0.2, 0.25) is 5.02 Å². The summed E-state index contributed by atoms with van der Waals surface area (Å²) >= 11 is 6.27. The standard InChI is InChI=1S/C41H44ClN7O5/c1-46(32-9-4-25(21-43)35(42)20-32)29-10-5-28(6-11-29)44-38(51)24-2-7-30(8-3-24)47-16-14-31(15-17-47)48-22-26-18-33-34(19-27(26)23-48)41(54)49(40(33)53)36-12-13-37(50)45-39(36)52/h2-4,7-9,18-20,28-29,31,36,40,53H,5-6,10-17,22-23H2,1H3,(H,44,51)(H,45,50,52). The van der Waals surface area contributed by atoms with Gasteiger partial charge in [-0.05, 0) is 111 Å². The number of halogens is 1. The second kappa shape index (κ2) is 14.7. The molecule has 2 atom stereocenters. The van der Waals surface area contributed by atoms with Crippen LogP contribution in [-0.2, 0) is 22.7 Å². The molecule has 5 aliphatic rings. The number of amides is 4. The summed E-state index contributed by atoms with van der Waals surface area (Å²) in [7, 11) is 2.06. The number of anilines is 2. The number of hydrogen-bond donors (Lipinski definition) is 3. The SMILES string of the molecule is CN(c1ccc(C#N)c(Cl)c1)C1CCC(NC(=O)c2ccc(N3CCC(N4Cc5cc6c(cc5C4)C(O)N(C4CCC(=O)NC4=O)C6=O)CC3)cc2)CC1. The summed E-state index contributed by atoms with van der Waals surface area (Å²) in [6.07, 6.45) is 4.78. The van der Waals surface area contributed by atoms with E-state index in [9.17, 15) is 29.5 Å². The Morgan fingerprint density at radius 2 is 1.65 bits per heavy atom. The summed E-state index contributed by atoms with van der Waals surface area (Å²) < 4.78 is 0. The summed E-state index contributed by atoms with van der Waals surface area (Å²) in [6.45, 7) is 3.25. The average molecular weight is 750 g/mol. The summed E-state index contributed by atoms with van der Waals surface area (Å²) in [5.74, 6) is -1.32. The molecule has 2 unspecified atom stereocenters. The zero-order valence-electron chi connectivity index (χ0n) is 30.3. The van der Waals surface area contributed by atoms with Gasteiger partial charge in [0.2, 0.25) is 11.8 Å². The van der Waals surface area contributed by atoms with Crippen LogP contribution in [0.3, 0.4) is 0 Å². The first kappa shape index (κ1) is 36.0. The van der Waals surface area contributed by atoms with Gasteiger partial charge in [0.25, 0.3) is 11.8 Å². The van der Waals surface area contributed by atoms with Crippen LogP contribution in [0.25, 0.3) is 0 Å². The molecular formula is C41H44ClN7O5. The van der Waals surface area contributed by atoms with Gasteiger partial charge in [0.05, 0.1) is 10.6 Å². The Kier molecular flexibility index (Phi) is 9.81. The van der Waals surface area contributed by atoms with E-state index in [0.717, 1.165) is 87.2 Å². The molecule has 4 heterocycles. The number of hydrogen-bond acceptors (Lipinski definition) is 9. The third-order valence-electron chi connectivity index (χ3n) is 12.2. The Bertz CT molecular complexity index is 2030. The van der Waals surface area contributed by atoms with Gasteiger partial charge in [-0.2, -0.15) is 5.26 Å². The number of piperidine rings is 2. The van der Waals surface area contributed by atoms with E-state index in [-0.39, 0.29) is 36.6 Å². The number of rotatable bonds is 7. The number of nitriles is 1. The van der Waals surface area contributed by atoms with Gasteiger partial charge in [0.1, 0.15) is 12.1 Å². The van der Waals surface area contributed by atoms with E-state index in [1.807, 2.05) is 48.5 Å². The lowest BCUT2D eigenvalue weighted by atomic mass is 9.90. The summed E-state index contributed by atoms with van der Waals surface area (Å²) in [5.41, 5.74) is 6.35. The van der Waals surface area contributed by atoms with Crippen LogP contribution in [0.5, 0.6) is 0 Å². The van der Waals surface area contributed by atoms with Gasteiger partial charge in [-0.1, -0.05) is 11.6 Å². The summed E-state index contributed by atoms with van der Waals surface area (Å²) in [4.78, 5) is 58.9. The first-order chi connectivity index (χ1) is 26.1. The highest BCUT2D eigenvalue weighted by molar-refractivity contribution is 6.32. The van der Waals surface area contributed by atoms with Gasteiger partial charge in [-0.3, -0.25) is 34.3 Å². The topological polar surface area (TPSA) is 149 Å². The number of carbonyl (C=O) groups is 4. The number of imide groups is 1. The van der Waals surface area contributed by atoms with Crippen LogP contribution < -0.4 is 20.4 Å². The highest BCUT2D eigenvalue weighted by atomic mass is 35.5. The smallest absolute Gasteiger partial charge is 0.257 e. The minimum absolute atomic E-state index is 0.0478. The third kappa shape index (κ3) is 6.81. The maximum absolute atomic E-state index is 13.4. The number of aliphatic hydroxyl groups is 1. The molecular weight excluding hydrogens is 706 g/mol. The van der Waals surface area contributed by atoms with Crippen LogP contribution in [0.1, 0.15) is 101 Å². The number of aliphatic hydroxyl groups excluding tert-OH is 1. The molecule has 2 saturated heterocycles. The fourth-order valence-electron chi connectivity index (χ4n) is 9.03. The maximum atomic E-state index is 13.4. The van der Waals surface area contributed by atoms with Crippen molar-refractivity contribution in [1.82, 2.24) is 20.4 Å². The van der Waals surface area contributed by atoms with Crippen LogP contribution in [0.15, 0.2) is 54.6 Å². The van der Waals surface area contributed by atoms with Crippen molar-refractivity contribution in [3.8, 4) is 6.07 Å². The van der Waals surface area contributed by atoms with E-state index in [2.05, 4.69) is 38.5 Å². The van der Waals surface area contributed by atoms with E-state index in [1.54, 1.807) is 6.07 Å². The summed E-state index contributed by atoms with van der Waals surface area (Å²) in [5, 5.41) is 26.3. The van der Waals surface area contributed by atoms with Crippen molar-refractivity contribution < 1.29 is 24.3 Å². The van der Waals surface area contributed by atoms with Crippen molar-refractivity contribution in [2.45, 2.75) is 94.9 Å². The monoisotopic (exact) mass is 749 g/mol. The quantitative estimate of drug-likeness (QED) is 0.294. The fourth-order valence-corrected chi connectivity index (χ4v) is 9.24. The number of nitrogens with one attached hydrogen (secondary N) is 2. The number of benzene rings is 3. The fraction of sp³-hybridized carbons (Fsp3) is 0.439. The largest absolute Gasteiger partial charge is 0.372 e. The molecule has 54 heavy (non-hydrogen) atoms. The Morgan fingerprint density at radius 1 is 0.944 bits per heavy atom. The molecule has 13 heteroatoms. The number of fused-ring (bicyclic) bond motifs is 2. The molecule has 1 aliphatic carbocycles. The van der Waals surface area contributed by atoms with E-state index in [1.165, 1.54) is 4.90 Å². The second-order valence-electron chi connectivity index (χ2n) is 15.3. The molecule has 0 bridgehead atoms. The number of nitrogens with zero attached hydrogens (tertiary/aromatic N) is 5. The molecule has 1 saturated carbocycles. The maximum Gasteiger partial charge on any atom is 0.257 e. The van der Waals surface area contributed by atoms with Gasteiger partial charge in [-0.15, -0.1) is 0 Å². The first-order valence-electron chi connectivity index (χ1n) is 18.9. The van der Waals surface area contributed by atoms with Gasteiger partial charge in [-0.25, -0.2) is 0 Å². The lowest BCUT2D eigenvalue weighted by molar-refractivity contribution is -0.139. The minimum atomic E-state index is -1.22. The Balaban J connectivity index is 0.805. The molecule has 4 amide bonds. The van der Waals surface area contributed by atoms with Crippen LogP contribution in [-0.4, -0.2) is 82.8 Å². The lowest BCUT2D eigenvalue weighted by Crippen LogP contribution is -2.53. The van der Waals surface area contributed by atoms with Gasteiger partial charge in [0, 0.05) is 85.8 Å². The zero-order valence-corrected chi connectivity index (χ0v) is 31.0. The van der Waals surface area contributed by atoms with Crippen LogP contribution in [0.4, 0.5) is 11.4 Å². The minimum Gasteiger partial charge on any atom is -0.372 e. The molecule has 0 aromatic heterocycles. The van der Waals surface area contributed by atoms with E-state index in [4.69, 9.17) is 11.6 Å². The first-order valence-corrected chi connectivity index (χ1v) is 19.3. The molecule has 280 valence electrons. The van der Waals surface area contributed by atoms with E-state index >= 15 is 0 Å². The average Bonchev–Trinajstić information content (AvgIpc) is 3.71. The highest BCUT2D eigenvalue weighted by Crippen LogP contribution is 2.40. The van der Waals surface area contributed by atoms with Crippen molar-refractivity contribution in [2.75, 3.05) is 29.9 Å². The van der Waals surface area contributed by atoms with Crippen molar-refractivity contribution in [3.05, 3.63) is 93.0 Å². The molecule has 3 aromatic rings. The summed E-state index contributed by atoms with van der Waals surface area (Å²) in [6, 6.07) is 19.3. The van der Waals surface area contributed by atoms with Crippen molar-refractivity contribution in [3.63, 3.8) is 0 Å². The zero-order chi connectivity index (χ0) is 37.7. The van der Waals surface area contributed by atoms with Gasteiger partial charge < -0.3 is 20.2 Å². The predicted octanol–water partition coefficient (Wildman–Crippen LogP) is 4.63. The van der Waals surface area contributed by atoms with Crippen LogP contribution in [0, 0.1) is 11.3 Å². The molecule has 4 aliphatic heterocycles. The lowest BCUT2D eigenvalue weighted by Gasteiger charge is -2.38. The van der Waals surface area contributed by atoms with Crippen molar-refractivity contribution >= 4 is 46.6 Å². The molecule has 0 radical (unpaired) electrons. The van der Waals surface area contributed by atoms with Crippen LogP contribution >= 0.6 is 11.6 Å². The van der Waals surface area contributed by atoms with Gasteiger partial charge in [0.15, 0.2) is 6.23 Å². The normalized spacial score (nSPS) is 24.5.